The van der Waals surface area contributed by atoms with Crippen LogP contribution in [0.4, 0.5) is 0 Å². The molecule has 1 aromatic heterocycles. The monoisotopic (exact) mass is 392 g/mol. The first-order valence-corrected chi connectivity index (χ1v) is 8.71. The van der Waals surface area contributed by atoms with Crippen molar-refractivity contribution in [2.24, 2.45) is 0 Å². The molecule has 0 spiro atoms. The molecule has 0 aliphatic carbocycles. The minimum Gasteiger partial charge on any atom is -0.385 e. The normalized spacial score (nSPS) is 13.6. The highest BCUT2D eigenvalue weighted by atomic mass is 35.5. The van der Waals surface area contributed by atoms with Gasteiger partial charge in [0.05, 0.1) is 11.1 Å². The van der Waals surface area contributed by atoms with Crippen LogP contribution in [0.3, 0.4) is 0 Å². The number of nitrogens with zero attached hydrogens (tertiary/aromatic N) is 1. The molecule has 0 saturated carbocycles. The van der Waals surface area contributed by atoms with Crippen LogP contribution in [-0.2, 0) is 5.60 Å². The molecule has 1 heterocycles. The largest absolute Gasteiger partial charge is 0.385 e. The Labute approximate surface area is 160 Å². The van der Waals surface area contributed by atoms with Gasteiger partial charge in [0, 0.05) is 27.6 Å². The number of halogens is 3. The maximum Gasteiger partial charge on any atom is 0.129 e. The molecular weight excluding hydrogens is 379 g/mol. The number of aliphatic hydroxyl groups is 1. The highest BCUT2D eigenvalue weighted by molar-refractivity contribution is 6.34. The van der Waals surface area contributed by atoms with Crippen LogP contribution in [0.5, 0.6) is 0 Å². The summed E-state index contributed by atoms with van der Waals surface area (Å²) < 4.78 is 0. The van der Waals surface area contributed by atoms with E-state index in [2.05, 4.69) is 4.98 Å². The van der Waals surface area contributed by atoms with Crippen LogP contribution in [0.15, 0.2) is 48.5 Å². The molecule has 1 atom stereocenters. The van der Waals surface area contributed by atoms with Gasteiger partial charge in [-0.05, 0) is 60.5 Å². The fourth-order valence-corrected chi connectivity index (χ4v) is 3.38. The predicted molar refractivity (Wildman–Crippen MR) is 104 cm³/mol. The molecule has 128 valence electrons. The zero-order chi connectivity index (χ0) is 18.2. The minimum absolute atomic E-state index is 0.121. The van der Waals surface area contributed by atoms with Gasteiger partial charge >= 0.3 is 0 Å². The number of pyridine rings is 1. The molecule has 3 nitrogen and oxygen atoms in total. The summed E-state index contributed by atoms with van der Waals surface area (Å²) in [6.45, 7) is 1.64. The van der Waals surface area contributed by atoms with E-state index in [1.54, 1.807) is 37.3 Å². The van der Waals surface area contributed by atoms with Gasteiger partial charge in [-0.1, -0.05) is 40.9 Å². The van der Waals surface area contributed by atoms with Gasteiger partial charge in [-0.3, -0.25) is 0 Å². The van der Waals surface area contributed by atoms with Crippen molar-refractivity contribution >= 4 is 51.4 Å². The topological polar surface area (TPSA) is 57.0 Å². The Balaban J connectivity index is 1.89. The average molecular weight is 394 g/mol. The molecule has 3 aromatic rings. The first-order valence-electron chi connectivity index (χ1n) is 7.58. The summed E-state index contributed by atoms with van der Waals surface area (Å²) >= 11 is 17.9. The minimum atomic E-state index is -1.27. The second-order valence-corrected chi connectivity index (χ2v) is 7.39. The van der Waals surface area contributed by atoms with Crippen molar-refractivity contribution in [3.05, 3.63) is 74.9 Å². The highest BCUT2D eigenvalue weighted by Gasteiger charge is 2.26. The number of aromatic nitrogens is 1. The summed E-state index contributed by atoms with van der Waals surface area (Å²) in [6, 6.07) is 14.0. The highest BCUT2D eigenvalue weighted by Crippen LogP contribution is 2.31. The van der Waals surface area contributed by atoms with E-state index in [4.69, 9.17) is 40.2 Å². The summed E-state index contributed by atoms with van der Waals surface area (Å²) in [5.41, 5.74) is 1.09. The Kier molecular flexibility index (Phi) is 5.03. The fraction of sp³-hybridized carbons (Fsp3) is 0.158. The third kappa shape index (κ3) is 4.13. The molecule has 0 saturated heterocycles. The molecule has 0 aliphatic rings. The van der Waals surface area contributed by atoms with Gasteiger partial charge < -0.3 is 10.5 Å². The molecule has 0 fully saturated rings. The molecule has 25 heavy (non-hydrogen) atoms. The number of fused-ring (bicyclic) bond motifs is 1. The quantitative estimate of drug-likeness (QED) is 0.431. The van der Waals surface area contributed by atoms with Crippen molar-refractivity contribution in [3.63, 3.8) is 0 Å². The lowest BCUT2D eigenvalue weighted by Crippen LogP contribution is -2.25. The van der Waals surface area contributed by atoms with Crippen LogP contribution in [0, 0.1) is 5.41 Å². The van der Waals surface area contributed by atoms with Crippen LogP contribution in [0.2, 0.25) is 15.2 Å². The van der Waals surface area contributed by atoms with Crippen molar-refractivity contribution in [1.29, 1.82) is 5.41 Å². The second-order valence-electron chi connectivity index (χ2n) is 6.13. The van der Waals surface area contributed by atoms with Crippen LogP contribution >= 0.6 is 34.8 Å². The molecule has 0 radical (unpaired) electrons. The molecule has 2 aromatic carbocycles. The number of nitrogens with one attached hydrogen (secondary N) is 1. The van der Waals surface area contributed by atoms with Crippen LogP contribution in [-0.4, -0.2) is 15.8 Å². The van der Waals surface area contributed by atoms with Crippen molar-refractivity contribution in [3.8, 4) is 0 Å². The number of benzene rings is 2. The molecule has 1 unspecified atom stereocenters. The van der Waals surface area contributed by atoms with E-state index >= 15 is 0 Å². The lowest BCUT2D eigenvalue weighted by atomic mass is 9.88. The lowest BCUT2D eigenvalue weighted by Gasteiger charge is -2.25. The molecule has 3 rings (SSSR count). The Morgan fingerprint density at radius 1 is 1.04 bits per heavy atom. The third-order valence-corrected chi connectivity index (χ3v) is 4.66. The van der Waals surface area contributed by atoms with E-state index in [9.17, 15) is 5.11 Å². The van der Waals surface area contributed by atoms with Crippen LogP contribution in [0.25, 0.3) is 10.9 Å². The Morgan fingerprint density at radius 2 is 1.72 bits per heavy atom. The summed E-state index contributed by atoms with van der Waals surface area (Å²) in [7, 11) is 0. The molecular formula is C19H15Cl3N2O. The van der Waals surface area contributed by atoms with Crippen LogP contribution < -0.4 is 0 Å². The number of rotatable bonds is 4. The van der Waals surface area contributed by atoms with Gasteiger partial charge in [0.25, 0.3) is 0 Å². The molecule has 2 N–H and O–H groups in total. The van der Waals surface area contributed by atoms with Gasteiger partial charge in [0.2, 0.25) is 0 Å². The summed E-state index contributed by atoms with van der Waals surface area (Å²) in [5.74, 6) is 0. The smallest absolute Gasteiger partial charge is 0.129 e. The first-order chi connectivity index (χ1) is 11.7. The van der Waals surface area contributed by atoms with E-state index in [0.717, 1.165) is 10.9 Å². The lowest BCUT2D eigenvalue weighted by molar-refractivity contribution is 0.0653. The number of hydrogen-bond donors (Lipinski definition) is 2. The summed E-state index contributed by atoms with van der Waals surface area (Å²) in [5, 5.41) is 21.4. The molecule has 0 bridgehead atoms. The van der Waals surface area contributed by atoms with Crippen molar-refractivity contribution in [2.45, 2.75) is 18.9 Å². The van der Waals surface area contributed by atoms with Crippen molar-refractivity contribution < 1.29 is 5.11 Å². The van der Waals surface area contributed by atoms with Gasteiger partial charge in [0.15, 0.2) is 0 Å². The molecule has 6 heteroatoms. The van der Waals surface area contributed by atoms with Gasteiger partial charge in [-0.25, -0.2) is 4.98 Å². The second kappa shape index (κ2) is 6.93. The zero-order valence-corrected chi connectivity index (χ0v) is 15.6. The standard InChI is InChI=1S/C19H15Cl3N2O/c1-19(25,13-7-14(20)9-15(21)8-13)10-16(23)11-2-4-17-12(6-11)3-5-18(22)24-17/h2-9,23,25H,10H2,1H3. The van der Waals surface area contributed by atoms with Gasteiger partial charge in [-0.2, -0.15) is 0 Å². The maximum atomic E-state index is 10.8. The van der Waals surface area contributed by atoms with E-state index in [1.807, 2.05) is 18.2 Å². The predicted octanol–water partition coefficient (Wildman–Crippen LogP) is 5.86. The third-order valence-electron chi connectivity index (χ3n) is 4.01. The van der Waals surface area contributed by atoms with Gasteiger partial charge in [0.1, 0.15) is 5.15 Å². The fourth-order valence-electron chi connectivity index (χ4n) is 2.70. The zero-order valence-electron chi connectivity index (χ0n) is 13.4. The molecule has 0 aliphatic heterocycles. The van der Waals surface area contributed by atoms with Crippen molar-refractivity contribution in [2.75, 3.05) is 0 Å². The van der Waals surface area contributed by atoms with Gasteiger partial charge in [-0.15, -0.1) is 0 Å². The Morgan fingerprint density at radius 3 is 2.40 bits per heavy atom. The first kappa shape index (κ1) is 18.2. The number of hydrogen-bond acceptors (Lipinski definition) is 3. The van der Waals surface area contributed by atoms with Crippen LogP contribution in [0.1, 0.15) is 24.5 Å². The maximum absolute atomic E-state index is 10.8. The van der Waals surface area contributed by atoms with E-state index in [1.165, 1.54) is 0 Å². The summed E-state index contributed by atoms with van der Waals surface area (Å²) in [6.07, 6.45) is 0.121. The van der Waals surface area contributed by atoms with Crippen molar-refractivity contribution in [1.82, 2.24) is 4.98 Å². The van der Waals surface area contributed by atoms with E-state index in [-0.39, 0.29) is 6.42 Å². The SMILES string of the molecule is CC(O)(CC(=N)c1ccc2nc(Cl)ccc2c1)c1cc(Cl)cc(Cl)c1. The Bertz CT molecular complexity index is 950. The van der Waals surface area contributed by atoms with E-state index < -0.39 is 5.60 Å². The molecule has 0 amide bonds. The van der Waals surface area contributed by atoms with E-state index in [0.29, 0.717) is 32.0 Å². The summed E-state index contributed by atoms with van der Waals surface area (Å²) in [4.78, 5) is 4.23. The Hall–Kier alpha value is -1.65. The average Bonchev–Trinajstić information content (AvgIpc) is 2.53.